The number of hydrogen-bond donors (Lipinski definition) is 0. The summed E-state index contributed by atoms with van der Waals surface area (Å²) in [6.45, 7) is 3.28. The van der Waals surface area contributed by atoms with Gasteiger partial charge in [0.2, 0.25) is 0 Å². The highest BCUT2D eigenvalue weighted by Gasteiger charge is 2.59. The largest absolute Gasteiger partial charge is 0.469 e. The van der Waals surface area contributed by atoms with Crippen molar-refractivity contribution < 1.29 is 9.53 Å². The molecule has 2 aliphatic rings. The fourth-order valence-electron chi connectivity index (χ4n) is 3.54. The average Bonchev–Trinajstić information content (AvgIpc) is 3.21. The molecule has 3 nitrogen and oxygen atoms in total. The van der Waals surface area contributed by atoms with E-state index in [9.17, 15) is 4.79 Å². The maximum atomic E-state index is 11.6. The van der Waals surface area contributed by atoms with Gasteiger partial charge in [0.15, 0.2) is 0 Å². The average molecular weight is 308 g/mol. The normalized spacial score (nSPS) is 24.0. The van der Waals surface area contributed by atoms with Crippen molar-refractivity contribution in [1.82, 2.24) is 4.90 Å². The second-order valence-electron chi connectivity index (χ2n) is 6.36. The molecule has 1 spiro atoms. The number of nitrogens with zero attached hydrogens (tertiary/aromatic N) is 1. The topological polar surface area (TPSA) is 29.5 Å². The summed E-state index contributed by atoms with van der Waals surface area (Å²) in [5.41, 5.74) is 1.60. The van der Waals surface area contributed by atoms with Crippen molar-refractivity contribution >= 4 is 17.6 Å². The van der Waals surface area contributed by atoms with Gasteiger partial charge in [-0.25, -0.2) is 0 Å². The van der Waals surface area contributed by atoms with Crippen LogP contribution in [0.4, 0.5) is 0 Å². The molecule has 1 saturated carbocycles. The third-order valence-corrected chi connectivity index (χ3v) is 5.41. The van der Waals surface area contributed by atoms with Crippen LogP contribution in [-0.2, 0) is 16.0 Å². The van der Waals surface area contributed by atoms with Gasteiger partial charge in [-0.1, -0.05) is 23.7 Å². The Hall–Kier alpha value is -1.06. The molecule has 1 aliphatic carbocycles. The fourth-order valence-corrected chi connectivity index (χ4v) is 3.66. The van der Waals surface area contributed by atoms with Gasteiger partial charge in [0.05, 0.1) is 13.0 Å². The first kappa shape index (κ1) is 14.9. The van der Waals surface area contributed by atoms with Crippen molar-refractivity contribution in [3.63, 3.8) is 0 Å². The Kier molecular flexibility index (Phi) is 4.23. The van der Waals surface area contributed by atoms with Crippen molar-refractivity contribution in [3.8, 4) is 0 Å². The van der Waals surface area contributed by atoms with Crippen LogP contribution in [0, 0.1) is 11.3 Å². The van der Waals surface area contributed by atoms with Crippen LogP contribution in [0.3, 0.4) is 0 Å². The van der Waals surface area contributed by atoms with Crippen LogP contribution in [0.15, 0.2) is 24.3 Å². The SMILES string of the molecule is COC(=O)C1CC12CCN(CCc1ccc(Cl)cc1)CC2. The van der Waals surface area contributed by atoms with Crippen LogP contribution >= 0.6 is 11.6 Å². The number of likely N-dealkylation sites (tertiary alicyclic amines) is 1. The molecule has 0 radical (unpaired) electrons. The summed E-state index contributed by atoms with van der Waals surface area (Å²) in [7, 11) is 1.50. The number of carbonyl (C=O) groups excluding carboxylic acids is 1. The first-order chi connectivity index (χ1) is 10.1. The predicted octanol–water partition coefficient (Wildman–Crippen LogP) is 3.16. The summed E-state index contributed by atoms with van der Waals surface area (Å²) >= 11 is 5.90. The summed E-state index contributed by atoms with van der Waals surface area (Å²) in [5.74, 6) is 0.158. The molecular formula is C17H22ClNO2. The molecular weight excluding hydrogens is 286 g/mol. The minimum Gasteiger partial charge on any atom is -0.469 e. The highest BCUT2D eigenvalue weighted by atomic mass is 35.5. The lowest BCUT2D eigenvalue weighted by atomic mass is 9.90. The molecule has 21 heavy (non-hydrogen) atoms. The Morgan fingerprint density at radius 1 is 1.33 bits per heavy atom. The molecule has 0 N–H and O–H groups in total. The fraction of sp³-hybridized carbons (Fsp3) is 0.588. The molecule has 2 fully saturated rings. The molecule has 0 amide bonds. The van der Waals surface area contributed by atoms with Crippen LogP contribution < -0.4 is 0 Å². The predicted molar refractivity (Wildman–Crippen MR) is 83.4 cm³/mol. The molecule has 1 unspecified atom stereocenters. The van der Waals surface area contributed by atoms with E-state index in [1.54, 1.807) is 0 Å². The standard InChI is InChI=1S/C17H22ClNO2/c1-21-16(20)15-12-17(15)7-10-19(11-8-17)9-6-13-2-4-14(18)5-3-13/h2-5,15H,6-12H2,1H3. The number of methoxy groups -OCH3 is 1. The smallest absolute Gasteiger partial charge is 0.309 e. The van der Waals surface area contributed by atoms with Crippen LogP contribution in [-0.4, -0.2) is 37.6 Å². The van der Waals surface area contributed by atoms with Gasteiger partial charge in [-0.05, 0) is 61.9 Å². The third kappa shape index (κ3) is 3.24. The van der Waals surface area contributed by atoms with Crippen molar-refractivity contribution in [3.05, 3.63) is 34.9 Å². The summed E-state index contributed by atoms with van der Waals surface area (Å²) in [6.07, 6.45) is 4.36. The summed E-state index contributed by atoms with van der Waals surface area (Å²) < 4.78 is 4.88. The highest BCUT2D eigenvalue weighted by Crippen LogP contribution is 2.59. The van der Waals surface area contributed by atoms with Crippen molar-refractivity contribution in [2.45, 2.75) is 25.7 Å². The second kappa shape index (κ2) is 5.98. The lowest BCUT2D eigenvalue weighted by Gasteiger charge is -2.32. The number of esters is 1. The van der Waals surface area contributed by atoms with E-state index < -0.39 is 0 Å². The number of halogens is 1. The maximum absolute atomic E-state index is 11.6. The zero-order valence-corrected chi connectivity index (χ0v) is 13.2. The minimum atomic E-state index is -0.00962. The molecule has 0 bridgehead atoms. The van der Waals surface area contributed by atoms with E-state index in [1.165, 1.54) is 12.7 Å². The Labute approximate surface area is 131 Å². The van der Waals surface area contributed by atoms with Crippen LogP contribution in [0.5, 0.6) is 0 Å². The lowest BCUT2D eigenvalue weighted by molar-refractivity contribution is -0.143. The van der Waals surface area contributed by atoms with Gasteiger partial charge >= 0.3 is 5.97 Å². The Bertz CT molecular complexity index is 506. The molecule has 1 aliphatic heterocycles. The van der Waals surface area contributed by atoms with Gasteiger partial charge < -0.3 is 9.64 Å². The molecule has 0 aromatic heterocycles. The molecule has 1 heterocycles. The van der Waals surface area contributed by atoms with E-state index in [-0.39, 0.29) is 17.3 Å². The van der Waals surface area contributed by atoms with Gasteiger partial charge in [0.1, 0.15) is 0 Å². The first-order valence-electron chi connectivity index (χ1n) is 7.68. The molecule has 1 aromatic rings. The Balaban J connectivity index is 1.44. The van der Waals surface area contributed by atoms with Crippen LogP contribution in [0.25, 0.3) is 0 Å². The maximum Gasteiger partial charge on any atom is 0.309 e. The van der Waals surface area contributed by atoms with Gasteiger partial charge in [0.25, 0.3) is 0 Å². The number of piperidine rings is 1. The minimum absolute atomic E-state index is 0.00962. The third-order valence-electron chi connectivity index (χ3n) is 5.16. The van der Waals surface area contributed by atoms with E-state index in [4.69, 9.17) is 16.3 Å². The van der Waals surface area contributed by atoms with E-state index in [1.807, 2.05) is 12.1 Å². The van der Waals surface area contributed by atoms with E-state index in [0.29, 0.717) is 0 Å². The van der Waals surface area contributed by atoms with Crippen LogP contribution in [0.1, 0.15) is 24.8 Å². The van der Waals surface area contributed by atoms with Crippen LogP contribution in [0.2, 0.25) is 5.02 Å². The number of ether oxygens (including phenoxy) is 1. The van der Waals surface area contributed by atoms with E-state index in [2.05, 4.69) is 17.0 Å². The quantitative estimate of drug-likeness (QED) is 0.800. The lowest BCUT2D eigenvalue weighted by Crippen LogP contribution is -2.37. The number of benzene rings is 1. The monoisotopic (exact) mass is 307 g/mol. The molecule has 3 rings (SSSR count). The van der Waals surface area contributed by atoms with Crippen molar-refractivity contribution in [1.29, 1.82) is 0 Å². The molecule has 114 valence electrons. The molecule has 4 heteroatoms. The van der Waals surface area contributed by atoms with E-state index >= 15 is 0 Å². The van der Waals surface area contributed by atoms with Gasteiger partial charge in [-0.15, -0.1) is 0 Å². The van der Waals surface area contributed by atoms with Crippen molar-refractivity contribution in [2.75, 3.05) is 26.7 Å². The van der Waals surface area contributed by atoms with Gasteiger partial charge in [0, 0.05) is 11.6 Å². The number of hydrogen-bond acceptors (Lipinski definition) is 3. The van der Waals surface area contributed by atoms with E-state index in [0.717, 1.165) is 50.3 Å². The summed E-state index contributed by atoms with van der Waals surface area (Å²) in [5, 5.41) is 0.793. The van der Waals surface area contributed by atoms with Gasteiger partial charge in [-0.2, -0.15) is 0 Å². The molecule has 1 saturated heterocycles. The zero-order chi connectivity index (χ0) is 14.9. The number of rotatable bonds is 4. The Morgan fingerprint density at radius 2 is 2.00 bits per heavy atom. The van der Waals surface area contributed by atoms with Crippen molar-refractivity contribution in [2.24, 2.45) is 11.3 Å². The zero-order valence-electron chi connectivity index (χ0n) is 12.5. The highest BCUT2D eigenvalue weighted by molar-refractivity contribution is 6.30. The Morgan fingerprint density at radius 3 is 2.62 bits per heavy atom. The summed E-state index contributed by atoms with van der Waals surface area (Å²) in [6, 6.07) is 8.10. The number of carbonyl (C=O) groups is 1. The molecule has 1 atom stereocenters. The first-order valence-corrected chi connectivity index (χ1v) is 8.05. The summed E-state index contributed by atoms with van der Waals surface area (Å²) in [4.78, 5) is 14.1. The van der Waals surface area contributed by atoms with Gasteiger partial charge in [-0.3, -0.25) is 4.79 Å². The molecule has 1 aromatic carbocycles. The second-order valence-corrected chi connectivity index (χ2v) is 6.80.